The largest absolute Gasteiger partial charge is 0.497 e. The lowest BCUT2D eigenvalue weighted by atomic mass is 9.97. The number of nitrogens with one attached hydrogen (secondary N) is 1. The topological polar surface area (TPSA) is 84.9 Å². The highest BCUT2D eigenvalue weighted by Gasteiger charge is 2.32. The highest BCUT2D eigenvalue weighted by molar-refractivity contribution is 7.89. The van der Waals surface area contributed by atoms with Crippen molar-refractivity contribution in [1.82, 2.24) is 4.31 Å². The number of benzene rings is 3. The third kappa shape index (κ3) is 5.35. The normalized spacial score (nSPS) is 15.1. The summed E-state index contributed by atoms with van der Waals surface area (Å²) in [6.07, 6.45) is 0.895. The van der Waals surface area contributed by atoms with E-state index in [1.54, 1.807) is 24.3 Å². The SMILES string of the molecule is COc1ccc(S(=O)(=O)N2CCC(C(=O)Nc3ccccc3Oc3ccccc3)CC2)cc1. The molecule has 3 aromatic carbocycles. The molecule has 1 amide bonds. The zero-order chi connectivity index (χ0) is 23.3. The Hall–Kier alpha value is -3.36. The molecule has 0 unspecified atom stereocenters. The van der Waals surface area contributed by atoms with Crippen molar-refractivity contribution in [2.45, 2.75) is 17.7 Å². The number of anilines is 1. The van der Waals surface area contributed by atoms with E-state index in [4.69, 9.17) is 9.47 Å². The first-order valence-corrected chi connectivity index (χ1v) is 12.2. The molecule has 172 valence electrons. The summed E-state index contributed by atoms with van der Waals surface area (Å²) in [6, 6.07) is 22.9. The summed E-state index contributed by atoms with van der Waals surface area (Å²) >= 11 is 0. The number of methoxy groups -OCH3 is 1. The molecule has 0 atom stereocenters. The van der Waals surface area contributed by atoms with Crippen LogP contribution < -0.4 is 14.8 Å². The van der Waals surface area contributed by atoms with E-state index in [0.717, 1.165) is 0 Å². The van der Waals surface area contributed by atoms with Gasteiger partial charge in [-0.05, 0) is 61.4 Å². The number of ether oxygens (including phenoxy) is 2. The number of amides is 1. The quantitative estimate of drug-likeness (QED) is 0.553. The van der Waals surface area contributed by atoms with Crippen LogP contribution in [0, 0.1) is 5.92 Å². The van der Waals surface area contributed by atoms with Gasteiger partial charge in [-0.3, -0.25) is 4.79 Å². The molecule has 1 aliphatic heterocycles. The van der Waals surface area contributed by atoms with Crippen LogP contribution >= 0.6 is 0 Å². The summed E-state index contributed by atoms with van der Waals surface area (Å²) in [4.78, 5) is 13.1. The maximum Gasteiger partial charge on any atom is 0.243 e. The van der Waals surface area contributed by atoms with Gasteiger partial charge in [0, 0.05) is 19.0 Å². The van der Waals surface area contributed by atoms with Crippen molar-refractivity contribution in [3.63, 3.8) is 0 Å². The van der Waals surface area contributed by atoms with Crippen molar-refractivity contribution in [2.24, 2.45) is 5.92 Å². The molecule has 0 aromatic heterocycles. The van der Waals surface area contributed by atoms with Crippen molar-refractivity contribution >= 4 is 21.6 Å². The lowest BCUT2D eigenvalue weighted by molar-refractivity contribution is -0.120. The molecule has 4 rings (SSSR count). The zero-order valence-electron chi connectivity index (χ0n) is 18.3. The lowest BCUT2D eigenvalue weighted by Crippen LogP contribution is -2.41. The maximum absolute atomic E-state index is 12.9. The van der Waals surface area contributed by atoms with Crippen molar-refractivity contribution in [3.05, 3.63) is 78.9 Å². The van der Waals surface area contributed by atoms with Gasteiger partial charge >= 0.3 is 0 Å². The number of nitrogens with zero attached hydrogens (tertiary/aromatic N) is 1. The van der Waals surface area contributed by atoms with Crippen molar-refractivity contribution in [2.75, 3.05) is 25.5 Å². The highest BCUT2D eigenvalue weighted by Crippen LogP contribution is 2.31. The van der Waals surface area contributed by atoms with Gasteiger partial charge in [-0.1, -0.05) is 30.3 Å². The molecule has 0 aliphatic carbocycles. The molecule has 3 aromatic rings. The second kappa shape index (κ2) is 10.1. The minimum absolute atomic E-state index is 0.138. The van der Waals surface area contributed by atoms with Crippen molar-refractivity contribution < 1.29 is 22.7 Å². The molecule has 33 heavy (non-hydrogen) atoms. The molecule has 0 saturated carbocycles. The molecule has 1 saturated heterocycles. The molecule has 1 heterocycles. The average Bonchev–Trinajstić information content (AvgIpc) is 2.86. The Bertz CT molecular complexity index is 1190. The van der Waals surface area contributed by atoms with Gasteiger partial charge in [0.15, 0.2) is 5.75 Å². The van der Waals surface area contributed by atoms with Crippen LogP contribution in [-0.4, -0.2) is 38.8 Å². The highest BCUT2D eigenvalue weighted by atomic mass is 32.2. The zero-order valence-corrected chi connectivity index (χ0v) is 19.1. The molecule has 0 bridgehead atoms. The van der Waals surface area contributed by atoms with Gasteiger partial charge in [0.1, 0.15) is 11.5 Å². The predicted octanol–water partition coefficient (Wildman–Crippen LogP) is 4.53. The smallest absolute Gasteiger partial charge is 0.243 e. The van der Waals surface area contributed by atoms with Crippen LogP contribution in [0.4, 0.5) is 5.69 Å². The Morgan fingerprint density at radius 1 is 0.879 bits per heavy atom. The Morgan fingerprint density at radius 3 is 2.18 bits per heavy atom. The Morgan fingerprint density at radius 2 is 1.52 bits per heavy atom. The van der Waals surface area contributed by atoms with E-state index in [0.29, 0.717) is 35.8 Å². The number of hydrogen-bond donors (Lipinski definition) is 1. The molecular weight excluding hydrogens is 440 g/mol. The maximum atomic E-state index is 12.9. The average molecular weight is 467 g/mol. The van der Waals surface area contributed by atoms with E-state index in [1.165, 1.54) is 23.5 Å². The number of piperidine rings is 1. The first kappa shape index (κ1) is 22.8. The standard InChI is InChI=1S/C25H26N2O5S/c1-31-20-11-13-22(14-12-20)33(29,30)27-17-15-19(16-18-27)25(28)26-23-9-5-6-10-24(23)32-21-7-3-2-4-8-21/h2-14,19H,15-18H2,1H3,(H,26,28). The second-order valence-electron chi connectivity index (χ2n) is 7.75. The van der Waals surface area contributed by atoms with Crippen LogP contribution in [0.15, 0.2) is 83.8 Å². The minimum atomic E-state index is -3.61. The predicted molar refractivity (Wildman–Crippen MR) is 126 cm³/mol. The Balaban J connectivity index is 1.38. The van der Waals surface area contributed by atoms with Crippen LogP contribution in [0.3, 0.4) is 0 Å². The van der Waals surface area contributed by atoms with Crippen molar-refractivity contribution in [1.29, 1.82) is 0 Å². The minimum Gasteiger partial charge on any atom is -0.497 e. The van der Waals surface area contributed by atoms with E-state index in [-0.39, 0.29) is 29.8 Å². The van der Waals surface area contributed by atoms with Gasteiger partial charge in [-0.2, -0.15) is 4.31 Å². The lowest BCUT2D eigenvalue weighted by Gasteiger charge is -2.30. The molecule has 7 nitrogen and oxygen atoms in total. The summed E-state index contributed by atoms with van der Waals surface area (Å²) in [5.41, 5.74) is 0.583. The number of hydrogen-bond acceptors (Lipinski definition) is 5. The van der Waals surface area contributed by atoms with Gasteiger partial charge in [-0.15, -0.1) is 0 Å². The fourth-order valence-electron chi connectivity index (χ4n) is 3.76. The van der Waals surface area contributed by atoms with E-state index in [2.05, 4.69) is 5.32 Å². The number of carbonyl (C=O) groups is 1. The summed E-state index contributed by atoms with van der Waals surface area (Å²) in [7, 11) is -2.08. The fraction of sp³-hybridized carbons (Fsp3) is 0.240. The van der Waals surface area contributed by atoms with Crippen LogP contribution in [0.2, 0.25) is 0 Å². The summed E-state index contributed by atoms with van der Waals surface area (Å²) in [5, 5.41) is 2.95. The molecule has 1 fully saturated rings. The Labute approximate surface area is 194 Å². The van der Waals surface area contributed by atoms with Gasteiger partial charge in [0.05, 0.1) is 17.7 Å². The van der Waals surface area contributed by atoms with Gasteiger partial charge in [-0.25, -0.2) is 8.42 Å². The third-order valence-electron chi connectivity index (χ3n) is 5.64. The van der Waals surface area contributed by atoms with Crippen LogP contribution in [0.5, 0.6) is 17.2 Å². The van der Waals surface area contributed by atoms with E-state index >= 15 is 0 Å². The fourth-order valence-corrected chi connectivity index (χ4v) is 5.23. The number of para-hydroxylation sites is 3. The number of sulfonamides is 1. The van der Waals surface area contributed by atoms with Crippen molar-refractivity contribution in [3.8, 4) is 17.2 Å². The van der Waals surface area contributed by atoms with E-state index in [1.807, 2.05) is 42.5 Å². The van der Waals surface area contributed by atoms with E-state index < -0.39 is 10.0 Å². The van der Waals surface area contributed by atoms with Crippen LogP contribution in [0.25, 0.3) is 0 Å². The van der Waals surface area contributed by atoms with Gasteiger partial charge < -0.3 is 14.8 Å². The number of rotatable bonds is 7. The molecular formula is C25H26N2O5S. The summed E-state index contributed by atoms with van der Waals surface area (Å²) < 4.78 is 38.3. The second-order valence-corrected chi connectivity index (χ2v) is 9.69. The number of carbonyl (C=O) groups excluding carboxylic acids is 1. The molecule has 0 radical (unpaired) electrons. The molecule has 8 heteroatoms. The summed E-state index contributed by atoms with van der Waals surface area (Å²) in [6.45, 7) is 0.573. The first-order chi connectivity index (χ1) is 16.0. The van der Waals surface area contributed by atoms with E-state index in [9.17, 15) is 13.2 Å². The van der Waals surface area contributed by atoms with Gasteiger partial charge in [0.2, 0.25) is 15.9 Å². The monoisotopic (exact) mass is 466 g/mol. The van der Waals surface area contributed by atoms with Crippen LogP contribution in [-0.2, 0) is 14.8 Å². The summed E-state index contributed by atoms with van der Waals surface area (Å²) in [5.74, 6) is 1.41. The van der Waals surface area contributed by atoms with Crippen LogP contribution in [0.1, 0.15) is 12.8 Å². The molecule has 1 aliphatic rings. The molecule has 1 N–H and O–H groups in total. The Kier molecular flexibility index (Phi) is 6.96. The third-order valence-corrected chi connectivity index (χ3v) is 7.55. The van der Waals surface area contributed by atoms with Gasteiger partial charge in [0.25, 0.3) is 0 Å². The first-order valence-electron chi connectivity index (χ1n) is 10.7. The molecule has 0 spiro atoms.